The van der Waals surface area contributed by atoms with E-state index in [2.05, 4.69) is 18.0 Å². The fourth-order valence-corrected chi connectivity index (χ4v) is 3.40. The van der Waals surface area contributed by atoms with E-state index in [0.29, 0.717) is 11.7 Å². The number of benzene rings is 2. The summed E-state index contributed by atoms with van der Waals surface area (Å²) in [6.07, 6.45) is 6.55. The van der Waals surface area contributed by atoms with E-state index in [-0.39, 0.29) is 0 Å². The number of hydrogen-bond donors (Lipinski definition) is 1. The fourth-order valence-electron chi connectivity index (χ4n) is 3.40. The van der Waals surface area contributed by atoms with Gasteiger partial charge in [-0.05, 0) is 60.6 Å². The van der Waals surface area contributed by atoms with Crippen molar-refractivity contribution < 1.29 is 9.84 Å². The van der Waals surface area contributed by atoms with E-state index >= 15 is 0 Å². The number of para-hydroxylation sites is 1. The molecule has 1 fully saturated rings. The molecule has 0 unspecified atom stereocenters. The van der Waals surface area contributed by atoms with E-state index in [1.807, 2.05) is 36.4 Å². The highest BCUT2D eigenvalue weighted by molar-refractivity contribution is 5.86. The SMILES string of the molecule is COc1ccc(N=Cc2cccc(C3CCC(C)CC3)c2O)cc1. The highest BCUT2D eigenvalue weighted by atomic mass is 16.5. The fraction of sp³-hybridized carbons (Fsp3) is 0.381. The number of rotatable bonds is 4. The first-order valence-electron chi connectivity index (χ1n) is 8.67. The Morgan fingerprint density at radius 2 is 1.75 bits per heavy atom. The number of nitrogens with zero attached hydrogens (tertiary/aromatic N) is 1. The largest absolute Gasteiger partial charge is 0.507 e. The van der Waals surface area contributed by atoms with Gasteiger partial charge in [-0.1, -0.05) is 31.9 Å². The van der Waals surface area contributed by atoms with Gasteiger partial charge in [0.15, 0.2) is 0 Å². The summed E-state index contributed by atoms with van der Waals surface area (Å²) < 4.78 is 5.15. The number of ether oxygens (including phenoxy) is 1. The van der Waals surface area contributed by atoms with Crippen molar-refractivity contribution in [3.63, 3.8) is 0 Å². The second-order valence-corrected chi connectivity index (χ2v) is 6.70. The van der Waals surface area contributed by atoms with E-state index in [1.54, 1.807) is 13.3 Å². The molecule has 1 aliphatic carbocycles. The van der Waals surface area contributed by atoms with E-state index < -0.39 is 0 Å². The predicted molar refractivity (Wildman–Crippen MR) is 98.7 cm³/mol. The van der Waals surface area contributed by atoms with Gasteiger partial charge in [0.2, 0.25) is 0 Å². The Kier molecular flexibility index (Phi) is 5.19. The molecule has 0 heterocycles. The molecule has 0 atom stereocenters. The van der Waals surface area contributed by atoms with Crippen LogP contribution in [0.1, 0.15) is 49.7 Å². The highest BCUT2D eigenvalue weighted by Crippen LogP contribution is 2.39. The van der Waals surface area contributed by atoms with Crippen LogP contribution in [0.3, 0.4) is 0 Å². The van der Waals surface area contributed by atoms with Gasteiger partial charge in [-0.15, -0.1) is 0 Å². The molecule has 0 aliphatic heterocycles. The molecule has 24 heavy (non-hydrogen) atoms. The standard InChI is InChI=1S/C21H25NO2/c1-15-6-8-16(9-7-15)20-5-3-4-17(21(20)23)14-22-18-10-12-19(24-2)13-11-18/h3-5,10-16,23H,6-9H2,1-2H3. The zero-order chi connectivity index (χ0) is 16.9. The van der Waals surface area contributed by atoms with Crippen LogP contribution in [0.2, 0.25) is 0 Å². The molecule has 126 valence electrons. The second kappa shape index (κ2) is 7.52. The van der Waals surface area contributed by atoms with Gasteiger partial charge in [-0.25, -0.2) is 0 Å². The summed E-state index contributed by atoms with van der Waals surface area (Å²) in [7, 11) is 1.65. The van der Waals surface area contributed by atoms with Gasteiger partial charge < -0.3 is 9.84 Å². The molecule has 2 aromatic rings. The molecular weight excluding hydrogens is 298 g/mol. The molecule has 3 heteroatoms. The Labute approximate surface area is 144 Å². The van der Waals surface area contributed by atoms with E-state index in [9.17, 15) is 5.11 Å². The Balaban J connectivity index is 1.78. The van der Waals surface area contributed by atoms with E-state index in [4.69, 9.17) is 4.74 Å². The average molecular weight is 323 g/mol. The normalized spacial score (nSPS) is 21.1. The van der Waals surface area contributed by atoms with Crippen molar-refractivity contribution in [1.29, 1.82) is 0 Å². The summed E-state index contributed by atoms with van der Waals surface area (Å²) in [4.78, 5) is 4.47. The summed E-state index contributed by atoms with van der Waals surface area (Å²) in [6.45, 7) is 2.31. The molecule has 3 rings (SSSR count). The summed E-state index contributed by atoms with van der Waals surface area (Å²) in [5.74, 6) is 2.47. The molecular formula is C21H25NO2. The van der Waals surface area contributed by atoms with Gasteiger partial charge in [0, 0.05) is 11.8 Å². The van der Waals surface area contributed by atoms with Crippen LogP contribution in [0.5, 0.6) is 11.5 Å². The smallest absolute Gasteiger partial charge is 0.127 e. The summed E-state index contributed by atoms with van der Waals surface area (Å²) in [6, 6.07) is 13.6. The second-order valence-electron chi connectivity index (χ2n) is 6.70. The van der Waals surface area contributed by atoms with E-state index in [0.717, 1.165) is 41.3 Å². The van der Waals surface area contributed by atoms with Crippen LogP contribution >= 0.6 is 0 Å². The predicted octanol–water partition coefficient (Wildman–Crippen LogP) is 5.45. The maximum absolute atomic E-state index is 10.7. The lowest BCUT2D eigenvalue weighted by Crippen LogP contribution is -2.11. The number of phenols is 1. The van der Waals surface area contributed by atoms with Gasteiger partial charge in [0.1, 0.15) is 11.5 Å². The molecule has 0 saturated heterocycles. The molecule has 0 aromatic heterocycles. The van der Waals surface area contributed by atoms with Crippen LogP contribution in [0.4, 0.5) is 5.69 Å². The third-order valence-corrected chi connectivity index (χ3v) is 4.98. The quantitative estimate of drug-likeness (QED) is 0.761. The lowest BCUT2D eigenvalue weighted by molar-refractivity contribution is 0.340. The van der Waals surface area contributed by atoms with Crippen LogP contribution in [0, 0.1) is 5.92 Å². The molecule has 0 bridgehead atoms. The zero-order valence-corrected chi connectivity index (χ0v) is 14.4. The maximum Gasteiger partial charge on any atom is 0.127 e. The first kappa shape index (κ1) is 16.6. The number of phenolic OH excluding ortho intramolecular Hbond substituents is 1. The Hall–Kier alpha value is -2.29. The molecule has 2 aromatic carbocycles. The average Bonchev–Trinajstić information content (AvgIpc) is 2.62. The molecule has 0 radical (unpaired) electrons. The van der Waals surface area contributed by atoms with Crippen LogP contribution in [-0.2, 0) is 0 Å². The van der Waals surface area contributed by atoms with Gasteiger partial charge >= 0.3 is 0 Å². The summed E-state index contributed by atoms with van der Waals surface area (Å²) in [5, 5.41) is 10.7. The third kappa shape index (κ3) is 3.78. The Morgan fingerprint density at radius 1 is 1.04 bits per heavy atom. The third-order valence-electron chi connectivity index (χ3n) is 4.98. The number of aliphatic imine (C=N–C) groups is 1. The Bertz CT molecular complexity index is 698. The molecule has 0 amide bonds. The van der Waals surface area contributed by atoms with Crippen LogP contribution in [0.25, 0.3) is 0 Å². The van der Waals surface area contributed by atoms with Crippen LogP contribution < -0.4 is 4.74 Å². The Morgan fingerprint density at radius 3 is 2.42 bits per heavy atom. The van der Waals surface area contributed by atoms with Crippen LogP contribution in [0.15, 0.2) is 47.5 Å². The monoisotopic (exact) mass is 323 g/mol. The summed E-state index contributed by atoms with van der Waals surface area (Å²) >= 11 is 0. The van der Waals surface area contributed by atoms with Gasteiger partial charge in [0.05, 0.1) is 12.8 Å². The lowest BCUT2D eigenvalue weighted by Gasteiger charge is -2.27. The zero-order valence-electron chi connectivity index (χ0n) is 14.4. The van der Waals surface area contributed by atoms with Crippen molar-refractivity contribution in [3.8, 4) is 11.5 Å². The molecule has 1 saturated carbocycles. The molecule has 1 N–H and O–H groups in total. The minimum atomic E-state index is 0.384. The number of aromatic hydroxyl groups is 1. The highest BCUT2D eigenvalue weighted by Gasteiger charge is 2.22. The number of methoxy groups -OCH3 is 1. The minimum absolute atomic E-state index is 0.384. The lowest BCUT2D eigenvalue weighted by atomic mass is 9.79. The van der Waals surface area contributed by atoms with Gasteiger partial charge in [-0.3, -0.25) is 4.99 Å². The number of hydrogen-bond acceptors (Lipinski definition) is 3. The van der Waals surface area contributed by atoms with Gasteiger partial charge in [-0.2, -0.15) is 0 Å². The first-order chi connectivity index (χ1) is 11.7. The molecule has 3 nitrogen and oxygen atoms in total. The van der Waals surface area contributed by atoms with Crippen molar-refractivity contribution in [2.45, 2.75) is 38.5 Å². The van der Waals surface area contributed by atoms with Crippen molar-refractivity contribution in [2.75, 3.05) is 7.11 Å². The summed E-state index contributed by atoms with van der Waals surface area (Å²) in [5.41, 5.74) is 2.69. The molecule has 1 aliphatic rings. The van der Waals surface area contributed by atoms with Gasteiger partial charge in [0.25, 0.3) is 0 Å². The van der Waals surface area contributed by atoms with Crippen molar-refractivity contribution in [2.24, 2.45) is 10.9 Å². The minimum Gasteiger partial charge on any atom is -0.507 e. The maximum atomic E-state index is 10.7. The van der Waals surface area contributed by atoms with Crippen molar-refractivity contribution in [3.05, 3.63) is 53.6 Å². The molecule has 0 spiro atoms. The van der Waals surface area contributed by atoms with Crippen molar-refractivity contribution in [1.82, 2.24) is 0 Å². The topological polar surface area (TPSA) is 41.8 Å². The van der Waals surface area contributed by atoms with E-state index in [1.165, 1.54) is 12.8 Å². The first-order valence-corrected chi connectivity index (χ1v) is 8.67. The van der Waals surface area contributed by atoms with Crippen molar-refractivity contribution >= 4 is 11.9 Å². The van der Waals surface area contributed by atoms with Crippen LogP contribution in [-0.4, -0.2) is 18.4 Å².